The fourth-order valence-corrected chi connectivity index (χ4v) is 1.06. The molecule has 0 saturated heterocycles. The van der Waals surface area contributed by atoms with Crippen molar-refractivity contribution in [1.82, 2.24) is 9.55 Å². The molecule has 0 spiro atoms. The maximum Gasteiger partial charge on any atom is 0.190 e. The summed E-state index contributed by atoms with van der Waals surface area (Å²) < 4.78 is 1.69. The molecule has 1 aromatic rings. The Morgan fingerprint density at radius 1 is 1.40 bits per heavy atom. The molecule has 1 rings (SSSR count). The van der Waals surface area contributed by atoms with Gasteiger partial charge in [0.15, 0.2) is 5.78 Å². The van der Waals surface area contributed by atoms with Gasteiger partial charge >= 0.3 is 0 Å². The summed E-state index contributed by atoms with van der Waals surface area (Å²) in [6.07, 6.45) is 3.10. The van der Waals surface area contributed by atoms with Crippen molar-refractivity contribution in [1.29, 1.82) is 0 Å². The highest BCUT2D eigenvalue weighted by Gasteiger charge is 2.24. The van der Waals surface area contributed by atoms with E-state index in [-0.39, 0.29) is 18.0 Å². The quantitative estimate of drug-likeness (QED) is 0.560. The predicted octanol–water partition coefficient (Wildman–Crippen LogP) is 1.61. The van der Waals surface area contributed by atoms with Crippen LogP contribution in [0.5, 0.6) is 0 Å². The molecule has 0 unspecified atom stereocenters. The fraction of sp³-hybridized carbons (Fsp3) is 0.545. The number of imidazole rings is 1. The molecule has 0 bridgehead atoms. The minimum atomic E-state index is -0.468. The number of hydrogen-bond donors (Lipinski definition) is 0. The Kier molecular flexibility index (Phi) is 3.07. The summed E-state index contributed by atoms with van der Waals surface area (Å²) in [5.41, 5.74) is -0.111. The van der Waals surface area contributed by atoms with E-state index in [0.29, 0.717) is 5.69 Å². The van der Waals surface area contributed by atoms with E-state index in [9.17, 15) is 9.59 Å². The van der Waals surface area contributed by atoms with Crippen molar-refractivity contribution in [3.63, 3.8) is 0 Å². The van der Waals surface area contributed by atoms with Crippen molar-refractivity contribution in [2.24, 2.45) is 12.5 Å². The number of nitrogens with zero attached hydrogens (tertiary/aromatic N) is 2. The van der Waals surface area contributed by atoms with Crippen molar-refractivity contribution in [3.05, 3.63) is 18.2 Å². The molecule has 1 aromatic heterocycles. The van der Waals surface area contributed by atoms with Gasteiger partial charge in [-0.25, -0.2) is 4.98 Å². The van der Waals surface area contributed by atoms with E-state index >= 15 is 0 Å². The molecule has 4 nitrogen and oxygen atoms in total. The van der Waals surface area contributed by atoms with Crippen LogP contribution in [0.3, 0.4) is 0 Å². The normalized spacial score (nSPS) is 11.5. The lowest BCUT2D eigenvalue weighted by molar-refractivity contribution is -0.125. The number of carbonyl (C=O) groups excluding carboxylic acids is 2. The van der Waals surface area contributed by atoms with Gasteiger partial charge in [0, 0.05) is 18.7 Å². The van der Waals surface area contributed by atoms with Gasteiger partial charge < -0.3 is 4.57 Å². The van der Waals surface area contributed by atoms with E-state index in [0.717, 1.165) is 0 Å². The van der Waals surface area contributed by atoms with Gasteiger partial charge in [-0.15, -0.1) is 0 Å². The Morgan fingerprint density at radius 2 is 2.00 bits per heavy atom. The Bertz CT molecular complexity index is 386. The van der Waals surface area contributed by atoms with Crippen LogP contribution in [-0.4, -0.2) is 21.1 Å². The Morgan fingerprint density at radius 3 is 2.40 bits per heavy atom. The summed E-state index contributed by atoms with van der Waals surface area (Å²) in [5, 5.41) is 0. The molecule has 1 heterocycles. The van der Waals surface area contributed by atoms with E-state index in [4.69, 9.17) is 0 Å². The molecule has 0 atom stereocenters. The molecule has 4 heteroatoms. The third-order valence-corrected chi connectivity index (χ3v) is 2.15. The van der Waals surface area contributed by atoms with E-state index in [1.54, 1.807) is 44.9 Å². The number of carbonyl (C=O) groups is 2. The van der Waals surface area contributed by atoms with Crippen LogP contribution in [0.4, 0.5) is 0 Å². The fourth-order valence-electron chi connectivity index (χ4n) is 1.06. The lowest BCUT2D eigenvalue weighted by atomic mass is 9.88. The van der Waals surface area contributed by atoms with E-state index < -0.39 is 5.41 Å². The summed E-state index contributed by atoms with van der Waals surface area (Å²) >= 11 is 0. The second-order valence-electron chi connectivity index (χ2n) is 4.70. The zero-order valence-corrected chi connectivity index (χ0v) is 9.57. The highest BCUT2D eigenvalue weighted by Crippen LogP contribution is 2.17. The van der Waals surface area contributed by atoms with Gasteiger partial charge in [0.1, 0.15) is 11.5 Å². The van der Waals surface area contributed by atoms with Gasteiger partial charge in [0.05, 0.1) is 12.7 Å². The minimum absolute atomic E-state index is 0.0573. The lowest BCUT2D eigenvalue weighted by Gasteiger charge is -2.15. The van der Waals surface area contributed by atoms with Gasteiger partial charge in [-0.3, -0.25) is 9.59 Å². The molecule has 0 amide bonds. The van der Waals surface area contributed by atoms with E-state index in [2.05, 4.69) is 4.98 Å². The molecule has 0 aliphatic carbocycles. The second kappa shape index (κ2) is 3.96. The molecule has 0 N–H and O–H groups in total. The summed E-state index contributed by atoms with van der Waals surface area (Å²) in [6, 6.07) is 0. The van der Waals surface area contributed by atoms with Crippen LogP contribution < -0.4 is 0 Å². The van der Waals surface area contributed by atoms with Crippen LogP contribution in [0.15, 0.2) is 12.5 Å². The molecule has 15 heavy (non-hydrogen) atoms. The van der Waals surface area contributed by atoms with Gasteiger partial charge in [-0.2, -0.15) is 0 Å². The predicted molar refractivity (Wildman–Crippen MR) is 56.6 cm³/mol. The number of aryl methyl sites for hydroxylation is 1. The molecule has 0 aliphatic rings. The van der Waals surface area contributed by atoms with Crippen molar-refractivity contribution >= 4 is 11.6 Å². The van der Waals surface area contributed by atoms with Crippen LogP contribution in [0.1, 0.15) is 37.7 Å². The summed E-state index contributed by atoms with van der Waals surface area (Å²) in [7, 11) is 1.79. The smallest absolute Gasteiger partial charge is 0.190 e. The molecule has 0 fully saturated rings. The standard InChI is InChI=1S/C11H16N2O2/c1-11(2,3)10(15)5-9(14)8-6-13(4)7-12-8/h6-7H,5H2,1-4H3. The first-order valence-corrected chi connectivity index (χ1v) is 4.85. The van der Waals surface area contributed by atoms with Gasteiger partial charge in [0.2, 0.25) is 0 Å². The highest BCUT2D eigenvalue weighted by atomic mass is 16.1. The van der Waals surface area contributed by atoms with Gasteiger partial charge in [-0.1, -0.05) is 20.8 Å². The number of hydrogen-bond acceptors (Lipinski definition) is 3. The van der Waals surface area contributed by atoms with Gasteiger partial charge in [-0.05, 0) is 0 Å². The topological polar surface area (TPSA) is 52.0 Å². The van der Waals surface area contributed by atoms with E-state index in [1.165, 1.54) is 0 Å². The van der Waals surface area contributed by atoms with Crippen molar-refractivity contribution in [2.45, 2.75) is 27.2 Å². The minimum Gasteiger partial charge on any atom is -0.340 e. The van der Waals surface area contributed by atoms with Crippen molar-refractivity contribution in [3.8, 4) is 0 Å². The molecule has 0 saturated carbocycles. The average Bonchev–Trinajstić information content (AvgIpc) is 2.50. The first kappa shape index (κ1) is 11.6. The number of Topliss-reactive ketones (excluding diaryl/α,β-unsaturated/α-hetero) is 2. The highest BCUT2D eigenvalue weighted by molar-refractivity contribution is 6.08. The van der Waals surface area contributed by atoms with Crippen LogP contribution >= 0.6 is 0 Å². The average molecular weight is 208 g/mol. The Hall–Kier alpha value is -1.45. The van der Waals surface area contributed by atoms with Crippen molar-refractivity contribution < 1.29 is 9.59 Å². The zero-order chi connectivity index (χ0) is 11.6. The summed E-state index contributed by atoms with van der Waals surface area (Å²) in [6.45, 7) is 5.42. The second-order valence-corrected chi connectivity index (χ2v) is 4.70. The maximum absolute atomic E-state index is 11.6. The number of aromatic nitrogens is 2. The Labute approximate surface area is 89.3 Å². The molecule has 0 aromatic carbocycles. The van der Waals surface area contributed by atoms with E-state index in [1.807, 2.05) is 0 Å². The molecule has 0 aliphatic heterocycles. The van der Waals surface area contributed by atoms with Crippen LogP contribution in [0.25, 0.3) is 0 Å². The summed E-state index contributed by atoms with van der Waals surface area (Å²) in [4.78, 5) is 27.1. The first-order valence-electron chi connectivity index (χ1n) is 4.85. The maximum atomic E-state index is 11.6. The monoisotopic (exact) mass is 208 g/mol. The molecular weight excluding hydrogens is 192 g/mol. The van der Waals surface area contributed by atoms with Crippen LogP contribution in [0, 0.1) is 5.41 Å². The van der Waals surface area contributed by atoms with Crippen LogP contribution in [-0.2, 0) is 11.8 Å². The largest absolute Gasteiger partial charge is 0.340 e. The third kappa shape index (κ3) is 3.01. The zero-order valence-electron chi connectivity index (χ0n) is 9.57. The molecular formula is C11H16N2O2. The summed E-state index contributed by atoms with van der Waals surface area (Å²) in [5.74, 6) is -0.270. The van der Waals surface area contributed by atoms with Crippen LogP contribution in [0.2, 0.25) is 0 Å². The third-order valence-electron chi connectivity index (χ3n) is 2.15. The Balaban J connectivity index is 2.69. The first-order chi connectivity index (χ1) is 6.80. The number of rotatable bonds is 3. The van der Waals surface area contributed by atoms with Crippen molar-refractivity contribution in [2.75, 3.05) is 0 Å². The lowest BCUT2D eigenvalue weighted by Crippen LogP contribution is -2.23. The molecule has 0 radical (unpaired) electrons. The SMILES string of the molecule is Cn1cnc(C(=O)CC(=O)C(C)(C)C)c1. The van der Waals surface area contributed by atoms with Gasteiger partial charge in [0.25, 0.3) is 0 Å². The number of ketones is 2. The molecule has 82 valence electrons.